The number of carbonyl (C=O) groups excluding carboxylic acids is 2. The van der Waals surface area contributed by atoms with Crippen molar-refractivity contribution in [1.29, 1.82) is 0 Å². The van der Waals surface area contributed by atoms with Gasteiger partial charge in [-0.05, 0) is 48.9 Å². The summed E-state index contributed by atoms with van der Waals surface area (Å²) in [5.41, 5.74) is 6.74. The maximum absolute atomic E-state index is 10.7. The lowest BCUT2D eigenvalue weighted by Crippen LogP contribution is -2.30. The summed E-state index contributed by atoms with van der Waals surface area (Å²) in [7, 11) is 0. The predicted octanol–water partition coefficient (Wildman–Crippen LogP) is 1.66. The van der Waals surface area contributed by atoms with E-state index in [1.165, 1.54) is 22.3 Å². The lowest BCUT2D eigenvalue weighted by Gasteiger charge is -2.33. The van der Waals surface area contributed by atoms with Crippen LogP contribution >= 0.6 is 0 Å². The molecule has 0 spiro atoms. The van der Waals surface area contributed by atoms with Gasteiger partial charge in [-0.3, -0.25) is 0 Å². The molecular formula is C25H28O6-2. The molecular weight excluding hydrogens is 396 g/mol. The van der Waals surface area contributed by atoms with E-state index < -0.39 is 11.9 Å². The topological polar surface area (TPSA) is 98.7 Å². The molecule has 6 heteroatoms. The quantitative estimate of drug-likeness (QED) is 0.481. The number of fused-ring (bicyclic) bond motifs is 3. The van der Waals surface area contributed by atoms with Gasteiger partial charge in [0.1, 0.15) is 0 Å². The van der Waals surface area contributed by atoms with Crippen molar-refractivity contribution in [2.45, 2.75) is 44.9 Å². The number of rotatable bonds is 12. The molecule has 0 amide bonds. The molecule has 0 unspecified atom stereocenters. The first-order chi connectivity index (χ1) is 14.8. The highest BCUT2D eigenvalue weighted by Gasteiger charge is 2.42. The SMILES string of the molecule is Cc1ccc2c(c1)C(CCOCCC(=O)[O-])(CCOCCC(=O)[O-])c1cc(C)ccc1-2. The van der Waals surface area contributed by atoms with Crippen molar-refractivity contribution >= 4 is 11.9 Å². The van der Waals surface area contributed by atoms with E-state index >= 15 is 0 Å². The van der Waals surface area contributed by atoms with Crippen molar-refractivity contribution in [2.75, 3.05) is 26.4 Å². The predicted molar refractivity (Wildman–Crippen MR) is 112 cm³/mol. The van der Waals surface area contributed by atoms with Gasteiger partial charge in [-0.1, -0.05) is 47.5 Å². The molecule has 166 valence electrons. The number of benzene rings is 2. The van der Waals surface area contributed by atoms with Crippen LogP contribution in [0.15, 0.2) is 36.4 Å². The molecule has 0 heterocycles. The minimum absolute atomic E-state index is 0.113. The van der Waals surface area contributed by atoms with Gasteiger partial charge in [0.05, 0.1) is 13.2 Å². The number of aryl methyl sites for hydroxylation is 2. The summed E-state index contributed by atoms with van der Waals surface area (Å²) in [6.07, 6.45) is 1.06. The van der Waals surface area contributed by atoms with Crippen molar-refractivity contribution in [2.24, 2.45) is 0 Å². The smallest absolute Gasteiger partial charge is 0.0518 e. The number of hydrogen-bond acceptors (Lipinski definition) is 6. The van der Waals surface area contributed by atoms with Crippen LogP contribution < -0.4 is 10.2 Å². The zero-order valence-corrected chi connectivity index (χ0v) is 18.1. The Hall–Kier alpha value is -2.70. The fourth-order valence-corrected chi connectivity index (χ4v) is 4.39. The number of hydrogen-bond donors (Lipinski definition) is 0. The van der Waals surface area contributed by atoms with Crippen molar-refractivity contribution in [3.8, 4) is 11.1 Å². The minimum Gasteiger partial charge on any atom is -0.550 e. The van der Waals surface area contributed by atoms with E-state index in [1.54, 1.807) is 0 Å². The van der Waals surface area contributed by atoms with Crippen LogP contribution in [-0.2, 0) is 24.5 Å². The lowest BCUT2D eigenvalue weighted by molar-refractivity contribution is -0.307. The third-order valence-electron chi connectivity index (χ3n) is 5.92. The van der Waals surface area contributed by atoms with Gasteiger partial charge < -0.3 is 29.3 Å². The van der Waals surface area contributed by atoms with E-state index in [0.29, 0.717) is 26.1 Å². The second-order valence-electron chi connectivity index (χ2n) is 8.15. The van der Waals surface area contributed by atoms with E-state index in [2.05, 4.69) is 50.2 Å². The second-order valence-corrected chi connectivity index (χ2v) is 8.15. The van der Waals surface area contributed by atoms with Gasteiger partial charge in [-0.25, -0.2) is 0 Å². The number of ether oxygens (including phenoxy) is 2. The zero-order chi connectivity index (χ0) is 22.4. The van der Waals surface area contributed by atoms with Gasteiger partial charge in [0.15, 0.2) is 0 Å². The van der Waals surface area contributed by atoms with E-state index in [1.807, 2.05) is 0 Å². The fourth-order valence-electron chi connectivity index (χ4n) is 4.39. The van der Waals surface area contributed by atoms with Crippen LogP contribution in [0.2, 0.25) is 0 Å². The zero-order valence-electron chi connectivity index (χ0n) is 18.1. The molecule has 0 atom stereocenters. The molecule has 2 aromatic rings. The highest BCUT2D eigenvalue weighted by Crippen LogP contribution is 2.53. The number of carboxylic acid groups (broad SMARTS) is 2. The Bertz CT molecular complexity index is 872. The van der Waals surface area contributed by atoms with E-state index in [0.717, 1.165) is 11.1 Å². The fraction of sp³-hybridized carbons (Fsp3) is 0.440. The van der Waals surface area contributed by atoms with Crippen LogP contribution in [0.5, 0.6) is 0 Å². The molecule has 0 fully saturated rings. The largest absolute Gasteiger partial charge is 0.550 e. The molecule has 0 bridgehead atoms. The van der Waals surface area contributed by atoms with Crippen LogP contribution in [0, 0.1) is 13.8 Å². The average Bonchev–Trinajstić information content (AvgIpc) is 2.96. The highest BCUT2D eigenvalue weighted by molar-refractivity contribution is 5.81. The van der Waals surface area contributed by atoms with Gasteiger partial charge in [-0.2, -0.15) is 0 Å². The highest BCUT2D eigenvalue weighted by atomic mass is 16.5. The summed E-state index contributed by atoms with van der Waals surface area (Å²) in [4.78, 5) is 21.4. The van der Waals surface area contributed by atoms with Crippen LogP contribution in [0.25, 0.3) is 11.1 Å². The number of carbonyl (C=O) groups is 2. The van der Waals surface area contributed by atoms with Gasteiger partial charge in [-0.15, -0.1) is 0 Å². The van der Waals surface area contributed by atoms with Crippen LogP contribution in [0.1, 0.15) is 47.9 Å². The van der Waals surface area contributed by atoms with E-state index in [4.69, 9.17) is 9.47 Å². The molecule has 0 aliphatic heterocycles. The van der Waals surface area contributed by atoms with Crippen LogP contribution in [0.3, 0.4) is 0 Å². The third kappa shape index (κ3) is 5.32. The van der Waals surface area contributed by atoms with Crippen LogP contribution in [0.4, 0.5) is 0 Å². The molecule has 1 aliphatic carbocycles. The molecule has 1 aliphatic rings. The number of aliphatic carboxylic acids is 2. The molecule has 0 saturated carbocycles. The summed E-state index contributed by atoms with van der Waals surface area (Å²) in [5.74, 6) is -2.25. The molecule has 0 N–H and O–H groups in total. The summed E-state index contributed by atoms with van der Waals surface area (Å²) in [6, 6.07) is 12.9. The minimum atomic E-state index is -1.13. The summed E-state index contributed by atoms with van der Waals surface area (Å²) < 4.78 is 11.3. The maximum Gasteiger partial charge on any atom is 0.0518 e. The van der Waals surface area contributed by atoms with Crippen molar-refractivity contribution in [3.05, 3.63) is 58.7 Å². The van der Waals surface area contributed by atoms with Crippen molar-refractivity contribution < 1.29 is 29.3 Å². The molecule has 0 saturated heterocycles. The second kappa shape index (κ2) is 10.1. The molecule has 0 radical (unpaired) electrons. The first kappa shape index (κ1) is 23.0. The summed E-state index contributed by atoms with van der Waals surface area (Å²) in [5, 5.41) is 21.4. The summed E-state index contributed by atoms with van der Waals surface area (Å²) in [6.45, 7) is 5.14. The monoisotopic (exact) mass is 424 g/mol. The molecule has 2 aromatic carbocycles. The first-order valence-corrected chi connectivity index (χ1v) is 10.6. The number of carboxylic acids is 2. The Labute approximate surface area is 182 Å². The maximum atomic E-state index is 10.7. The van der Waals surface area contributed by atoms with Gasteiger partial charge in [0.25, 0.3) is 0 Å². The van der Waals surface area contributed by atoms with E-state index in [9.17, 15) is 19.8 Å². The lowest BCUT2D eigenvalue weighted by atomic mass is 9.72. The summed E-state index contributed by atoms with van der Waals surface area (Å²) >= 11 is 0. The molecule has 31 heavy (non-hydrogen) atoms. The third-order valence-corrected chi connectivity index (χ3v) is 5.92. The Morgan fingerprint density at radius 1 is 0.742 bits per heavy atom. The molecule has 6 nitrogen and oxygen atoms in total. The Morgan fingerprint density at radius 2 is 1.16 bits per heavy atom. The molecule has 0 aromatic heterocycles. The van der Waals surface area contributed by atoms with Gasteiger partial charge in [0, 0.05) is 43.4 Å². The Morgan fingerprint density at radius 3 is 1.55 bits per heavy atom. The van der Waals surface area contributed by atoms with Crippen molar-refractivity contribution in [3.63, 3.8) is 0 Å². The average molecular weight is 424 g/mol. The van der Waals surface area contributed by atoms with Gasteiger partial charge in [0.2, 0.25) is 0 Å². The Balaban J connectivity index is 1.90. The van der Waals surface area contributed by atoms with Crippen molar-refractivity contribution in [1.82, 2.24) is 0 Å². The first-order valence-electron chi connectivity index (χ1n) is 10.6. The molecule has 3 rings (SSSR count). The normalized spacial score (nSPS) is 13.6. The van der Waals surface area contributed by atoms with Gasteiger partial charge >= 0.3 is 0 Å². The standard InChI is InChI=1S/C25H30O6/c1-17-3-5-19-20-6-4-18(2)16-22(20)25(21(19)15-17,9-13-30-11-7-23(26)27)10-14-31-12-8-24(28)29/h3-6,15-16H,7-14H2,1-2H3,(H,26,27)(H,28,29)/p-2. The Kier molecular flexibility index (Phi) is 7.46. The van der Waals surface area contributed by atoms with E-state index in [-0.39, 0.29) is 31.5 Å². The van der Waals surface area contributed by atoms with Crippen LogP contribution in [-0.4, -0.2) is 38.4 Å².